The zero-order chi connectivity index (χ0) is 32.4. The van der Waals surface area contributed by atoms with Gasteiger partial charge in [0.15, 0.2) is 6.20 Å². The second kappa shape index (κ2) is 9.73. The van der Waals surface area contributed by atoms with Crippen molar-refractivity contribution in [3.63, 3.8) is 0 Å². The van der Waals surface area contributed by atoms with Gasteiger partial charge in [-0.25, -0.2) is 4.79 Å². The van der Waals surface area contributed by atoms with Crippen LogP contribution >= 0.6 is 0 Å². The molecule has 0 N–H and O–H groups in total. The third-order valence-electron chi connectivity index (χ3n) is 12.1. The minimum absolute atomic E-state index is 0.0764. The molecule has 10 rings (SSSR count). The van der Waals surface area contributed by atoms with Gasteiger partial charge in [0.1, 0.15) is 16.3 Å². The maximum absolute atomic E-state index is 15.2. The Kier molecular flexibility index (Phi) is 5.67. The molecular weight excluding hydrogens is 587 g/mol. The molecule has 48 heavy (non-hydrogen) atoms. The largest absolute Gasteiger partial charge is 0.350 e. The zero-order valence-corrected chi connectivity index (χ0v) is 27.9. The van der Waals surface area contributed by atoms with E-state index in [4.69, 9.17) is 0 Å². The van der Waals surface area contributed by atoms with Crippen LogP contribution in [-0.2, 0) is 23.8 Å². The molecule has 0 amide bonds. The van der Waals surface area contributed by atoms with E-state index in [1.54, 1.807) is 0 Å². The van der Waals surface area contributed by atoms with E-state index < -0.39 is 0 Å². The second-order valence-corrected chi connectivity index (χ2v) is 14.1. The highest BCUT2D eigenvalue weighted by Crippen LogP contribution is 2.72. The van der Waals surface area contributed by atoms with Crippen molar-refractivity contribution in [2.45, 2.75) is 70.3 Å². The first-order valence-corrected chi connectivity index (χ1v) is 17.8. The topological polar surface area (TPSA) is 29.5 Å². The van der Waals surface area contributed by atoms with Crippen LogP contribution in [-0.4, -0.2) is 4.40 Å². The van der Waals surface area contributed by atoms with Crippen LogP contribution in [0.4, 0.5) is 0 Å². The lowest BCUT2D eigenvalue weighted by molar-refractivity contribution is -0.729. The number of aryl methyl sites for hydroxylation is 1. The van der Waals surface area contributed by atoms with E-state index in [0.29, 0.717) is 0 Å². The molecule has 0 saturated heterocycles. The Hall–Kier alpha value is -5.09. The van der Waals surface area contributed by atoms with Crippen molar-refractivity contribution < 1.29 is 8.97 Å². The van der Waals surface area contributed by atoms with Gasteiger partial charge in [-0.05, 0) is 83.1 Å². The molecule has 3 aromatic carbocycles. The van der Waals surface area contributed by atoms with Crippen LogP contribution in [0.15, 0.2) is 108 Å². The van der Waals surface area contributed by atoms with Gasteiger partial charge in [0.2, 0.25) is 11.2 Å². The predicted octanol–water partition coefficient (Wildman–Crippen LogP) is 6.60. The number of pyridine rings is 2. The molecule has 1 fully saturated rings. The van der Waals surface area contributed by atoms with Crippen LogP contribution in [0.2, 0.25) is 0 Å². The molecule has 4 aromatic heterocycles. The molecule has 1 saturated carbocycles. The van der Waals surface area contributed by atoms with E-state index in [2.05, 4.69) is 144 Å². The smallest absolute Gasteiger partial charge is 0.240 e. The summed E-state index contributed by atoms with van der Waals surface area (Å²) in [6, 6.07) is 28.8. The number of hydrogen-bond donors (Lipinski definition) is 0. The Morgan fingerprint density at radius 2 is 1.71 bits per heavy atom. The van der Waals surface area contributed by atoms with Crippen LogP contribution in [0, 0.1) is 0 Å². The summed E-state index contributed by atoms with van der Waals surface area (Å²) in [5, 5.41) is 6.51. The summed E-state index contributed by atoms with van der Waals surface area (Å²) < 4.78 is 6.99. The normalized spacial score (nSPS) is 21.7. The molecule has 4 heteroatoms. The van der Waals surface area contributed by atoms with Gasteiger partial charge in [-0.1, -0.05) is 81.8 Å². The molecule has 3 aliphatic rings. The number of rotatable bonds is 5. The maximum Gasteiger partial charge on any atom is 0.350 e. The third kappa shape index (κ3) is 3.19. The molecule has 2 unspecified atom stereocenters. The van der Waals surface area contributed by atoms with Crippen molar-refractivity contribution in [1.29, 1.82) is 0 Å². The van der Waals surface area contributed by atoms with Crippen LogP contribution in [0.1, 0.15) is 63.1 Å². The highest BCUT2D eigenvalue weighted by Gasteiger charge is 2.83. The summed E-state index contributed by atoms with van der Waals surface area (Å²) in [5.74, 6) is 0. The fourth-order valence-electron chi connectivity index (χ4n) is 10.1. The van der Waals surface area contributed by atoms with Gasteiger partial charge in [-0.15, -0.1) is 0 Å². The number of nitrogens with zero attached hydrogens (tertiary/aromatic N) is 3. The van der Waals surface area contributed by atoms with E-state index in [-0.39, 0.29) is 16.5 Å². The van der Waals surface area contributed by atoms with Crippen molar-refractivity contribution >= 4 is 44.4 Å². The first-order chi connectivity index (χ1) is 23.6. The molecule has 234 valence electrons. The average molecular weight is 626 g/mol. The van der Waals surface area contributed by atoms with E-state index in [9.17, 15) is 0 Å². The Morgan fingerprint density at radius 1 is 0.875 bits per heavy atom. The van der Waals surface area contributed by atoms with Crippen molar-refractivity contribution in [3.8, 4) is 11.3 Å². The monoisotopic (exact) mass is 625 g/mol. The van der Waals surface area contributed by atoms with Gasteiger partial charge >= 0.3 is 11.2 Å². The molecule has 2 atom stereocenters. The fourth-order valence-corrected chi connectivity index (χ4v) is 10.1. The predicted molar refractivity (Wildman–Crippen MR) is 194 cm³/mol. The number of unbranched alkanes of at least 4 members (excludes halogenated alkanes) is 1. The number of fused-ring (bicyclic) bond motifs is 9. The molecule has 7 aromatic rings. The first kappa shape index (κ1) is 28.0. The third-order valence-corrected chi connectivity index (χ3v) is 12.1. The Balaban J connectivity index is 1.46. The lowest BCUT2D eigenvalue weighted by atomic mass is 9.78. The summed E-state index contributed by atoms with van der Waals surface area (Å²) in [5.41, 5.74) is 9.66. The molecule has 2 aliphatic carbocycles. The summed E-state index contributed by atoms with van der Waals surface area (Å²) in [7, 11) is 0. The summed E-state index contributed by atoms with van der Waals surface area (Å²) >= 11 is 0. The molecule has 0 spiro atoms. The lowest BCUT2D eigenvalue weighted by Crippen LogP contribution is -2.54. The lowest BCUT2D eigenvalue weighted by Gasteiger charge is -2.28. The van der Waals surface area contributed by atoms with E-state index >= 15 is 4.79 Å². The van der Waals surface area contributed by atoms with E-state index in [1.807, 2.05) is 0 Å². The van der Waals surface area contributed by atoms with Gasteiger partial charge in [0, 0.05) is 24.1 Å². The molecule has 0 radical (unpaired) electrons. The Morgan fingerprint density at radius 3 is 2.52 bits per heavy atom. The maximum atomic E-state index is 15.2. The molecule has 4 nitrogen and oxygen atoms in total. The number of allylic oxidation sites excluding steroid dienone is 2. The van der Waals surface area contributed by atoms with Gasteiger partial charge in [-0.3, -0.25) is 0 Å². The van der Waals surface area contributed by atoms with E-state index in [0.717, 1.165) is 58.4 Å². The number of benzene rings is 3. The standard InChI is InChI=1S/C44H39N3O/c1-4-7-14-28-20-21-32-35(25-28)43(5-2)40(44(43,6-3)46-23-13-12-19-36(32)46)39-33-18-11-10-15-29-22-24-45-37-27-31-17-9-8-16-30(31)26-34(37)42(48)47(39)41(45)38(29)33/h8-13,15-17,19-27H,4-7,14,18H2,1-3H3/q+2. The molecule has 5 heterocycles. The van der Waals surface area contributed by atoms with Crippen molar-refractivity contribution in [3.05, 3.63) is 141 Å². The first-order valence-electron chi connectivity index (χ1n) is 17.8. The van der Waals surface area contributed by atoms with Gasteiger partial charge in [0.25, 0.3) is 0 Å². The van der Waals surface area contributed by atoms with Crippen LogP contribution in [0.3, 0.4) is 0 Å². The van der Waals surface area contributed by atoms with Crippen LogP contribution in [0.25, 0.3) is 55.6 Å². The van der Waals surface area contributed by atoms with Crippen molar-refractivity contribution in [2.75, 3.05) is 0 Å². The second-order valence-electron chi connectivity index (χ2n) is 14.1. The Bertz CT molecular complexity index is 2750. The average Bonchev–Trinajstić information content (AvgIpc) is 3.71. The molecule has 1 aliphatic heterocycles. The van der Waals surface area contributed by atoms with Crippen LogP contribution < -0.4 is 25.1 Å². The van der Waals surface area contributed by atoms with Gasteiger partial charge in [0.05, 0.1) is 28.1 Å². The summed E-state index contributed by atoms with van der Waals surface area (Å²) in [6.07, 6.45) is 17.3. The van der Waals surface area contributed by atoms with Gasteiger partial charge < -0.3 is 0 Å². The SMILES string of the molecule is CCCCc1ccc2c(c1)C1(CC)C(=c3c4c5c(cc[n+]6c7cc8ccccc8cc7c(=O)n3c56)=CC=CC4)C1(CC)[n+]1ccccc1-2. The van der Waals surface area contributed by atoms with Crippen molar-refractivity contribution in [1.82, 2.24) is 4.40 Å². The highest BCUT2D eigenvalue weighted by atomic mass is 16.1. The highest BCUT2D eigenvalue weighted by molar-refractivity contribution is 5.98. The quantitative estimate of drug-likeness (QED) is 0.120. The number of aromatic nitrogens is 3. The Labute approximate surface area is 279 Å². The fraction of sp³-hybridized carbons (Fsp3) is 0.250. The molecular formula is C44H39N3O+2. The van der Waals surface area contributed by atoms with Gasteiger partial charge in [-0.2, -0.15) is 13.4 Å². The van der Waals surface area contributed by atoms with E-state index in [1.165, 1.54) is 57.0 Å². The van der Waals surface area contributed by atoms with Crippen molar-refractivity contribution in [2.24, 2.45) is 0 Å². The zero-order valence-electron chi connectivity index (χ0n) is 27.9. The number of hydrogen-bond acceptors (Lipinski definition) is 1. The minimum atomic E-state index is -0.270. The molecule has 0 bridgehead atoms. The minimum Gasteiger partial charge on any atom is -0.240 e. The summed E-state index contributed by atoms with van der Waals surface area (Å²) in [6.45, 7) is 6.99. The summed E-state index contributed by atoms with van der Waals surface area (Å²) in [4.78, 5) is 15.2. The van der Waals surface area contributed by atoms with Crippen LogP contribution in [0.5, 0.6) is 0 Å².